The molecule has 5 aromatic rings. The van der Waals surface area contributed by atoms with Crippen molar-refractivity contribution in [1.82, 2.24) is 0 Å². The van der Waals surface area contributed by atoms with Gasteiger partial charge in [0.05, 0.1) is 11.1 Å². The number of fused-ring (bicyclic) bond motifs is 6. The van der Waals surface area contributed by atoms with Gasteiger partial charge in [-0.15, -0.1) is 0 Å². The predicted octanol–water partition coefficient (Wildman–Crippen LogP) is 7.64. The van der Waals surface area contributed by atoms with E-state index in [0.29, 0.717) is 0 Å². The third kappa shape index (κ3) is 2.29. The van der Waals surface area contributed by atoms with Crippen LogP contribution < -0.4 is 5.32 Å². The smallest absolute Gasteiger partial charge is 0.137 e. The molecule has 6 rings (SSSR count). The third-order valence-electron chi connectivity index (χ3n) is 6.27. The van der Waals surface area contributed by atoms with Gasteiger partial charge in [0.1, 0.15) is 11.2 Å². The van der Waals surface area contributed by atoms with Gasteiger partial charge in [0, 0.05) is 16.5 Å². The molecule has 0 atom stereocenters. The zero-order chi connectivity index (χ0) is 19.6. The van der Waals surface area contributed by atoms with E-state index in [1.165, 1.54) is 22.3 Å². The molecule has 0 fully saturated rings. The van der Waals surface area contributed by atoms with Crippen LogP contribution in [0.5, 0.6) is 0 Å². The molecule has 2 heteroatoms. The van der Waals surface area contributed by atoms with Crippen LogP contribution in [0, 0.1) is 0 Å². The van der Waals surface area contributed by atoms with Crippen molar-refractivity contribution in [3.8, 4) is 11.1 Å². The lowest BCUT2D eigenvalue weighted by molar-refractivity contribution is 0.660. The van der Waals surface area contributed by atoms with Crippen molar-refractivity contribution in [3.63, 3.8) is 0 Å². The fourth-order valence-corrected chi connectivity index (χ4v) is 4.83. The van der Waals surface area contributed by atoms with E-state index in [9.17, 15) is 0 Å². The number of furan rings is 1. The normalized spacial score (nSPS) is 14.1. The second-order valence-corrected chi connectivity index (χ2v) is 8.33. The first-order valence-electron chi connectivity index (χ1n) is 10.0. The van der Waals surface area contributed by atoms with Gasteiger partial charge in [-0.3, -0.25) is 0 Å². The molecular formula is C27H21NO. The molecule has 4 aromatic carbocycles. The first-order valence-corrected chi connectivity index (χ1v) is 10.0. The third-order valence-corrected chi connectivity index (χ3v) is 6.27. The number of anilines is 2. The molecule has 1 aliphatic carbocycles. The fraction of sp³-hybridized carbons (Fsp3) is 0.111. The van der Waals surface area contributed by atoms with Crippen molar-refractivity contribution in [3.05, 3.63) is 96.1 Å². The first kappa shape index (κ1) is 16.4. The van der Waals surface area contributed by atoms with E-state index in [1.807, 2.05) is 24.3 Å². The number of benzene rings is 4. The molecule has 2 nitrogen and oxygen atoms in total. The Kier molecular flexibility index (Phi) is 3.25. The molecule has 0 saturated heterocycles. The van der Waals surface area contributed by atoms with Crippen molar-refractivity contribution < 1.29 is 4.42 Å². The molecule has 0 aliphatic heterocycles. The number of hydrogen-bond acceptors (Lipinski definition) is 2. The predicted molar refractivity (Wildman–Crippen MR) is 121 cm³/mol. The fourth-order valence-electron chi connectivity index (χ4n) is 4.83. The quantitative estimate of drug-likeness (QED) is 0.343. The van der Waals surface area contributed by atoms with Crippen LogP contribution in [0.2, 0.25) is 0 Å². The summed E-state index contributed by atoms with van der Waals surface area (Å²) >= 11 is 0. The summed E-state index contributed by atoms with van der Waals surface area (Å²) in [6.07, 6.45) is 0. The van der Waals surface area contributed by atoms with Crippen molar-refractivity contribution in [1.29, 1.82) is 0 Å². The Morgan fingerprint density at radius 1 is 0.690 bits per heavy atom. The Labute approximate surface area is 169 Å². The van der Waals surface area contributed by atoms with E-state index in [-0.39, 0.29) is 5.41 Å². The molecule has 0 bridgehead atoms. The average molecular weight is 375 g/mol. The maximum Gasteiger partial charge on any atom is 0.137 e. The van der Waals surface area contributed by atoms with Gasteiger partial charge in [-0.05, 0) is 52.6 Å². The Morgan fingerprint density at radius 2 is 1.45 bits per heavy atom. The van der Waals surface area contributed by atoms with Crippen molar-refractivity contribution >= 4 is 33.3 Å². The van der Waals surface area contributed by atoms with Gasteiger partial charge in [-0.1, -0.05) is 68.4 Å². The minimum Gasteiger partial charge on any atom is -0.456 e. The van der Waals surface area contributed by atoms with Crippen LogP contribution in [0.25, 0.3) is 33.1 Å². The summed E-state index contributed by atoms with van der Waals surface area (Å²) in [6, 6.07) is 29.9. The van der Waals surface area contributed by atoms with Crippen LogP contribution >= 0.6 is 0 Å². The van der Waals surface area contributed by atoms with Crippen molar-refractivity contribution in [2.75, 3.05) is 5.32 Å². The molecule has 1 heterocycles. The maximum absolute atomic E-state index is 6.04. The monoisotopic (exact) mass is 375 g/mol. The first-order chi connectivity index (χ1) is 14.1. The summed E-state index contributed by atoms with van der Waals surface area (Å²) in [5.41, 5.74) is 9.46. The van der Waals surface area contributed by atoms with Gasteiger partial charge >= 0.3 is 0 Å². The van der Waals surface area contributed by atoms with E-state index < -0.39 is 0 Å². The van der Waals surface area contributed by atoms with Crippen molar-refractivity contribution in [2.45, 2.75) is 19.3 Å². The summed E-state index contributed by atoms with van der Waals surface area (Å²) in [5.74, 6) is 0. The van der Waals surface area contributed by atoms with E-state index in [1.54, 1.807) is 0 Å². The van der Waals surface area contributed by atoms with Crippen LogP contribution in [-0.4, -0.2) is 0 Å². The molecule has 0 radical (unpaired) electrons. The molecular weight excluding hydrogens is 354 g/mol. The molecule has 0 spiro atoms. The van der Waals surface area contributed by atoms with Crippen LogP contribution in [0.15, 0.2) is 89.3 Å². The topological polar surface area (TPSA) is 25.2 Å². The highest BCUT2D eigenvalue weighted by molar-refractivity contribution is 6.12. The summed E-state index contributed by atoms with van der Waals surface area (Å²) < 4.78 is 6.04. The zero-order valence-electron chi connectivity index (χ0n) is 16.5. The van der Waals surface area contributed by atoms with Gasteiger partial charge in [0.25, 0.3) is 0 Å². The highest BCUT2D eigenvalue weighted by Gasteiger charge is 2.35. The second kappa shape index (κ2) is 5.74. The van der Waals surface area contributed by atoms with Gasteiger partial charge in [-0.25, -0.2) is 0 Å². The van der Waals surface area contributed by atoms with Crippen LogP contribution in [0.3, 0.4) is 0 Å². The lowest BCUT2D eigenvalue weighted by Gasteiger charge is -2.21. The van der Waals surface area contributed by atoms with Gasteiger partial charge < -0.3 is 9.73 Å². The standard InChI is InChI=1S/C27H21NO/c1-27(2)21-10-5-3-8-18(21)20-16-17(14-15-22(20)27)28-23-11-7-13-25-26(23)19-9-4-6-12-24(19)29-25/h3-16,28H,1-2H3. The number of para-hydroxylation sites is 1. The number of rotatable bonds is 2. The molecule has 1 aromatic heterocycles. The summed E-state index contributed by atoms with van der Waals surface area (Å²) in [7, 11) is 0. The van der Waals surface area contributed by atoms with Gasteiger partial charge in [0.15, 0.2) is 0 Å². The molecule has 1 aliphatic rings. The largest absolute Gasteiger partial charge is 0.456 e. The lowest BCUT2D eigenvalue weighted by atomic mass is 9.82. The number of hydrogen-bond donors (Lipinski definition) is 1. The Bertz CT molecular complexity index is 1410. The SMILES string of the molecule is CC1(C)c2ccccc2-c2cc(Nc3cccc4oc5ccccc5c34)ccc21. The lowest BCUT2D eigenvalue weighted by Crippen LogP contribution is -2.14. The molecule has 0 saturated carbocycles. The number of nitrogens with one attached hydrogen (secondary N) is 1. The summed E-state index contributed by atoms with van der Waals surface area (Å²) in [6.45, 7) is 4.62. The Morgan fingerprint density at radius 3 is 2.38 bits per heavy atom. The van der Waals surface area contributed by atoms with Crippen LogP contribution in [0.4, 0.5) is 11.4 Å². The Hall–Kier alpha value is -3.52. The average Bonchev–Trinajstić information content (AvgIpc) is 3.22. The van der Waals surface area contributed by atoms with E-state index >= 15 is 0 Å². The molecule has 1 N–H and O–H groups in total. The molecule has 0 unspecified atom stereocenters. The minimum atomic E-state index is 0.0330. The van der Waals surface area contributed by atoms with Crippen LogP contribution in [-0.2, 0) is 5.41 Å². The summed E-state index contributed by atoms with van der Waals surface area (Å²) in [4.78, 5) is 0. The van der Waals surface area contributed by atoms with Crippen LogP contribution in [0.1, 0.15) is 25.0 Å². The van der Waals surface area contributed by atoms with E-state index in [0.717, 1.165) is 33.3 Å². The molecule has 0 amide bonds. The Balaban J connectivity index is 1.50. The van der Waals surface area contributed by atoms with Crippen molar-refractivity contribution in [2.24, 2.45) is 0 Å². The van der Waals surface area contributed by atoms with Gasteiger partial charge in [-0.2, -0.15) is 0 Å². The zero-order valence-corrected chi connectivity index (χ0v) is 16.5. The maximum atomic E-state index is 6.04. The minimum absolute atomic E-state index is 0.0330. The second-order valence-electron chi connectivity index (χ2n) is 8.33. The highest BCUT2D eigenvalue weighted by atomic mass is 16.3. The van der Waals surface area contributed by atoms with Gasteiger partial charge in [0.2, 0.25) is 0 Å². The molecule has 29 heavy (non-hydrogen) atoms. The van der Waals surface area contributed by atoms with E-state index in [2.05, 4.69) is 79.8 Å². The highest BCUT2D eigenvalue weighted by Crippen LogP contribution is 2.49. The summed E-state index contributed by atoms with van der Waals surface area (Å²) in [5, 5.41) is 5.92. The van der Waals surface area contributed by atoms with E-state index in [4.69, 9.17) is 4.42 Å². The molecule has 140 valence electrons.